The summed E-state index contributed by atoms with van der Waals surface area (Å²) in [5.41, 5.74) is 0.657. The quantitative estimate of drug-likeness (QED) is 0.464. The molecule has 1 amide bonds. The highest BCUT2D eigenvalue weighted by molar-refractivity contribution is 5.97. The van der Waals surface area contributed by atoms with Crippen molar-refractivity contribution >= 4 is 17.6 Å². The fourth-order valence-corrected chi connectivity index (χ4v) is 2.41. The summed E-state index contributed by atoms with van der Waals surface area (Å²) in [6.45, 7) is 6.34. The van der Waals surface area contributed by atoms with Crippen LogP contribution in [0.15, 0.2) is 42.5 Å². The SMILES string of the molecule is CCCCOc1ccc(C(=O)O[C@@H](C)C(=O)Nc2ccc(F)cc2)cc1OCC. The lowest BCUT2D eigenvalue weighted by atomic mass is 10.2. The molecule has 7 heteroatoms. The molecule has 0 saturated carbocycles. The standard InChI is InChI=1S/C22H26FNO5/c1-4-6-13-28-19-12-7-16(14-20(19)27-5-2)22(26)29-15(3)21(25)24-18-10-8-17(23)9-11-18/h7-12,14-15H,4-6,13H2,1-3H3,(H,24,25)/t15-/m0/s1. The van der Waals surface area contributed by atoms with Crippen LogP contribution >= 0.6 is 0 Å². The number of ether oxygens (including phenoxy) is 3. The summed E-state index contributed by atoms with van der Waals surface area (Å²) in [7, 11) is 0. The zero-order valence-corrected chi connectivity index (χ0v) is 16.9. The molecule has 156 valence electrons. The van der Waals surface area contributed by atoms with E-state index in [9.17, 15) is 14.0 Å². The Balaban J connectivity index is 2.01. The number of hydrogen-bond donors (Lipinski definition) is 1. The minimum Gasteiger partial charge on any atom is -0.490 e. The van der Waals surface area contributed by atoms with Gasteiger partial charge in [-0.25, -0.2) is 9.18 Å². The largest absolute Gasteiger partial charge is 0.490 e. The molecule has 2 aromatic rings. The van der Waals surface area contributed by atoms with Gasteiger partial charge >= 0.3 is 5.97 Å². The Morgan fingerprint density at radius 3 is 2.41 bits per heavy atom. The second-order valence-electron chi connectivity index (χ2n) is 6.34. The number of hydrogen-bond acceptors (Lipinski definition) is 5. The van der Waals surface area contributed by atoms with Crippen molar-refractivity contribution in [3.63, 3.8) is 0 Å². The molecule has 0 saturated heterocycles. The summed E-state index contributed by atoms with van der Waals surface area (Å²) in [5.74, 6) is -0.586. The van der Waals surface area contributed by atoms with Crippen LogP contribution in [0.4, 0.5) is 10.1 Å². The van der Waals surface area contributed by atoms with Crippen molar-refractivity contribution in [2.45, 2.75) is 39.7 Å². The van der Waals surface area contributed by atoms with Crippen LogP contribution in [0, 0.1) is 5.82 Å². The predicted molar refractivity (Wildman–Crippen MR) is 108 cm³/mol. The van der Waals surface area contributed by atoms with E-state index in [2.05, 4.69) is 12.2 Å². The number of halogens is 1. The van der Waals surface area contributed by atoms with Crippen LogP contribution in [0.25, 0.3) is 0 Å². The number of benzene rings is 2. The number of unbranched alkanes of at least 4 members (excludes halogenated alkanes) is 1. The van der Waals surface area contributed by atoms with Crippen LogP contribution in [-0.2, 0) is 9.53 Å². The van der Waals surface area contributed by atoms with Gasteiger partial charge in [-0.05, 0) is 62.7 Å². The summed E-state index contributed by atoms with van der Waals surface area (Å²) in [4.78, 5) is 24.6. The van der Waals surface area contributed by atoms with Crippen molar-refractivity contribution in [3.05, 3.63) is 53.8 Å². The number of rotatable bonds is 10. The average molecular weight is 403 g/mol. The lowest BCUT2D eigenvalue weighted by Crippen LogP contribution is -2.30. The third kappa shape index (κ3) is 6.78. The Hall–Kier alpha value is -3.09. The molecule has 0 unspecified atom stereocenters. The molecule has 6 nitrogen and oxygen atoms in total. The van der Waals surface area contributed by atoms with Crippen molar-refractivity contribution in [2.24, 2.45) is 0 Å². The van der Waals surface area contributed by atoms with Gasteiger partial charge in [0, 0.05) is 5.69 Å². The van der Waals surface area contributed by atoms with Gasteiger partial charge in [0.1, 0.15) is 5.82 Å². The normalized spacial score (nSPS) is 11.4. The van der Waals surface area contributed by atoms with Gasteiger partial charge in [0.2, 0.25) is 0 Å². The molecular weight excluding hydrogens is 377 g/mol. The smallest absolute Gasteiger partial charge is 0.339 e. The lowest BCUT2D eigenvalue weighted by molar-refractivity contribution is -0.123. The fraction of sp³-hybridized carbons (Fsp3) is 0.364. The van der Waals surface area contributed by atoms with Gasteiger partial charge in [-0.2, -0.15) is 0 Å². The number of carbonyl (C=O) groups is 2. The summed E-state index contributed by atoms with van der Waals surface area (Å²) in [6.07, 6.45) is 0.881. The molecule has 0 heterocycles. The van der Waals surface area contributed by atoms with E-state index in [-0.39, 0.29) is 5.56 Å². The summed E-state index contributed by atoms with van der Waals surface area (Å²) in [6, 6.07) is 10.1. The zero-order valence-electron chi connectivity index (χ0n) is 16.9. The highest BCUT2D eigenvalue weighted by Gasteiger charge is 2.20. The monoisotopic (exact) mass is 403 g/mol. The molecule has 0 aromatic heterocycles. The van der Waals surface area contributed by atoms with Crippen LogP contribution in [-0.4, -0.2) is 31.2 Å². The summed E-state index contributed by atoms with van der Waals surface area (Å²) in [5, 5.41) is 2.57. The Labute approximate surface area is 170 Å². The third-order valence-corrected chi connectivity index (χ3v) is 4.00. The molecule has 2 rings (SSSR count). The van der Waals surface area contributed by atoms with Crippen molar-refractivity contribution in [3.8, 4) is 11.5 Å². The Kier molecular flexibility index (Phi) is 8.45. The lowest BCUT2D eigenvalue weighted by Gasteiger charge is -2.15. The predicted octanol–water partition coefficient (Wildman–Crippen LogP) is 4.59. The van der Waals surface area contributed by atoms with Crippen molar-refractivity contribution < 1.29 is 28.2 Å². The highest BCUT2D eigenvalue weighted by atomic mass is 19.1. The maximum Gasteiger partial charge on any atom is 0.339 e. The van der Waals surface area contributed by atoms with E-state index < -0.39 is 23.8 Å². The zero-order chi connectivity index (χ0) is 21.2. The van der Waals surface area contributed by atoms with E-state index in [0.29, 0.717) is 30.4 Å². The highest BCUT2D eigenvalue weighted by Crippen LogP contribution is 2.29. The van der Waals surface area contributed by atoms with Crippen molar-refractivity contribution in [1.29, 1.82) is 0 Å². The number of carbonyl (C=O) groups excluding carboxylic acids is 2. The number of anilines is 1. The summed E-state index contributed by atoms with van der Waals surface area (Å²) >= 11 is 0. The molecule has 0 aliphatic rings. The van der Waals surface area contributed by atoms with Crippen LogP contribution in [0.5, 0.6) is 11.5 Å². The van der Waals surface area contributed by atoms with E-state index in [1.807, 2.05) is 6.92 Å². The second kappa shape index (κ2) is 11.0. The Morgan fingerprint density at radius 2 is 1.76 bits per heavy atom. The van der Waals surface area contributed by atoms with Gasteiger partial charge in [0.15, 0.2) is 17.6 Å². The number of nitrogens with one attached hydrogen (secondary N) is 1. The van der Waals surface area contributed by atoms with Crippen molar-refractivity contribution in [2.75, 3.05) is 18.5 Å². The molecule has 0 spiro atoms. The molecule has 0 radical (unpaired) electrons. The minimum absolute atomic E-state index is 0.248. The Morgan fingerprint density at radius 1 is 1.03 bits per heavy atom. The number of amides is 1. The maximum atomic E-state index is 12.9. The molecule has 1 atom stereocenters. The van der Waals surface area contributed by atoms with E-state index >= 15 is 0 Å². The third-order valence-electron chi connectivity index (χ3n) is 4.00. The van der Waals surface area contributed by atoms with Gasteiger partial charge < -0.3 is 19.5 Å². The van der Waals surface area contributed by atoms with E-state index in [0.717, 1.165) is 12.8 Å². The topological polar surface area (TPSA) is 73.9 Å². The molecule has 2 aromatic carbocycles. The second-order valence-corrected chi connectivity index (χ2v) is 6.34. The molecule has 0 fully saturated rings. The maximum absolute atomic E-state index is 12.9. The van der Waals surface area contributed by atoms with Gasteiger partial charge in [-0.3, -0.25) is 4.79 Å². The molecule has 1 N–H and O–H groups in total. The molecule has 29 heavy (non-hydrogen) atoms. The van der Waals surface area contributed by atoms with Gasteiger partial charge in [0.05, 0.1) is 18.8 Å². The van der Waals surface area contributed by atoms with Gasteiger partial charge in [-0.1, -0.05) is 13.3 Å². The van der Waals surface area contributed by atoms with E-state index in [4.69, 9.17) is 14.2 Å². The average Bonchev–Trinajstić information content (AvgIpc) is 2.71. The molecular formula is C22H26FNO5. The van der Waals surface area contributed by atoms with Crippen LogP contribution in [0.3, 0.4) is 0 Å². The molecule has 0 aliphatic heterocycles. The minimum atomic E-state index is -1.04. The molecule has 0 aliphatic carbocycles. The Bertz CT molecular complexity index is 822. The number of esters is 1. The van der Waals surface area contributed by atoms with Crippen LogP contribution in [0.1, 0.15) is 44.0 Å². The first-order valence-electron chi connectivity index (χ1n) is 9.61. The first-order valence-corrected chi connectivity index (χ1v) is 9.61. The van der Waals surface area contributed by atoms with Gasteiger partial charge in [-0.15, -0.1) is 0 Å². The van der Waals surface area contributed by atoms with Crippen LogP contribution < -0.4 is 14.8 Å². The van der Waals surface area contributed by atoms with Gasteiger partial charge in [0.25, 0.3) is 5.91 Å². The molecule has 0 bridgehead atoms. The van der Waals surface area contributed by atoms with Crippen molar-refractivity contribution in [1.82, 2.24) is 0 Å². The first-order chi connectivity index (χ1) is 13.9. The fourth-order valence-electron chi connectivity index (χ4n) is 2.41. The van der Waals surface area contributed by atoms with E-state index in [1.54, 1.807) is 12.1 Å². The first kappa shape index (κ1) is 22.2. The van der Waals surface area contributed by atoms with E-state index in [1.165, 1.54) is 37.3 Å². The summed E-state index contributed by atoms with van der Waals surface area (Å²) < 4.78 is 29.4. The van der Waals surface area contributed by atoms with Crippen LogP contribution in [0.2, 0.25) is 0 Å².